The molecule has 106 valence electrons. The lowest BCUT2D eigenvalue weighted by Gasteiger charge is -2.09. The molecule has 3 rings (SSSR count). The third-order valence-electron chi connectivity index (χ3n) is 2.91. The molecule has 0 spiro atoms. The van der Waals surface area contributed by atoms with Gasteiger partial charge < -0.3 is 9.47 Å². The summed E-state index contributed by atoms with van der Waals surface area (Å²) in [6.45, 7) is 0. The number of fused-ring (bicyclic) bond motifs is 1. The molecule has 1 aromatic heterocycles. The van der Waals surface area contributed by atoms with Crippen LogP contribution in [0.4, 0.5) is 0 Å². The highest BCUT2D eigenvalue weighted by Crippen LogP contribution is 2.35. The monoisotopic (exact) mass is 408 g/mol. The Balaban J connectivity index is 2.00. The van der Waals surface area contributed by atoms with Crippen LogP contribution in [0.25, 0.3) is 10.8 Å². The SMILES string of the molecule is COc1nc(Oc2ccc3ccccc3c2Br)ncc1Br. The van der Waals surface area contributed by atoms with E-state index in [4.69, 9.17) is 9.47 Å². The van der Waals surface area contributed by atoms with Crippen LogP contribution in [0.5, 0.6) is 17.6 Å². The smallest absolute Gasteiger partial charge is 0.325 e. The van der Waals surface area contributed by atoms with Crippen molar-refractivity contribution in [2.45, 2.75) is 0 Å². The number of benzene rings is 2. The highest BCUT2D eigenvalue weighted by molar-refractivity contribution is 9.11. The van der Waals surface area contributed by atoms with Crippen LogP contribution in [0, 0.1) is 0 Å². The average molecular weight is 410 g/mol. The van der Waals surface area contributed by atoms with Crippen molar-refractivity contribution in [1.82, 2.24) is 9.97 Å². The molecule has 3 aromatic rings. The van der Waals surface area contributed by atoms with Gasteiger partial charge in [-0.1, -0.05) is 30.3 Å². The fourth-order valence-electron chi connectivity index (χ4n) is 1.92. The first-order valence-electron chi connectivity index (χ1n) is 6.10. The maximum absolute atomic E-state index is 5.74. The van der Waals surface area contributed by atoms with E-state index in [0.29, 0.717) is 16.1 Å². The molecule has 0 atom stereocenters. The summed E-state index contributed by atoms with van der Waals surface area (Å²) < 4.78 is 12.4. The summed E-state index contributed by atoms with van der Waals surface area (Å²) in [5.74, 6) is 1.08. The molecule has 1 heterocycles. The fourth-order valence-corrected chi connectivity index (χ4v) is 2.85. The van der Waals surface area contributed by atoms with Crippen LogP contribution in [-0.4, -0.2) is 17.1 Å². The predicted octanol–water partition coefficient (Wildman–Crippen LogP) is 4.96. The van der Waals surface area contributed by atoms with Crippen LogP contribution in [0.15, 0.2) is 51.5 Å². The lowest BCUT2D eigenvalue weighted by Crippen LogP contribution is -1.96. The molecule has 0 unspecified atom stereocenters. The van der Waals surface area contributed by atoms with Gasteiger partial charge in [-0.2, -0.15) is 4.98 Å². The van der Waals surface area contributed by atoms with Gasteiger partial charge in [-0.25, -0.2) is 4.98 Å². The van der Waals surface area contributed by atoms with Gasteiger partial charge in [0.05, 0.1) is 22.3 Å². The summed E-state index contributed by atoms with van der Waals surface area (Å²) in [6.07, 6.45) is 1.59. The Kier molecular flexibility index (Phi) is 4.07. The van der Waals surface area contributed by atoms with Gasteiger partial charge in [0.1, 0.15) is 5.75 Å². The van der Waals surface area contributed by atoms with Gasteiger partial charge in [0, 0.05) is 0 Å². The number of hydrogen-bond acceptors (Lipinski definition) is 4. The van der Waals surface area contributed by atoms with Crippen molar-refractivity contribution in [3.63, 3.8) is 0 Å². The maximum Gasteiger partial charge on any atom is 0.325 e. The van der Waals surface area contributed by atoms with E-state index in [1.165, 1.54) is 0 Å². The molecule has 0 aliphatic carbocycles. The summed E-state index contributed by atoms with van der Waals surface area (Å²) in [6, 6.07) is 12.1. The zero-order valence-electron chi connectivity index (χ0n) is 11.0. The van der Waals surface area contributed by atoms with Crippen molar-refractivity contribution in [2.24, 2.45) is 0 Å². The first-order chi connectivity index (χ1) is 10.2. The molecule has 0 N–H and O–H groups in total. The Morgan fingerprint density at radius 2 is 1.86 bits per heavy atom. The molecule has 4 nitrogen and oxygen atoms in total. The van der Waals surface area contributed by atoms with Crippen LogP contribution < -0.4 is 9.47 Å². The second-order valence-electron chi connectivity index (χ2n) is 4.21. The molecular formula is C15H10Br2N2O2. The number of methoxy groups -OCH3 is 1. The largest absolute Gasteiger partial charge is 0.480 e. The number of nitrogens with zero attached hydrogens (tertiary/aromatic N) is 2. The molecule has 21 heavy (non-hydrogen) atoms. The number of hydrogen-bond donors (Lipinski definition) is 0. The van der Waals surface area contributed by atoms with E-state index in [1.54, 1.807) is 13.3 Å². The van der Waals surface area contributed by atoms with E-state index in [9.17, 15) is 0 Å². The topological polar surface area (TPSA) is 44.2 Å². The Bertz CT molecular complexity index is 809. The highest BCUT2D eigenvalue weighted by Gasteiger charge is 2.11. The van der Waals surface area contributed by atoms with Gasteiger partial charge in [0.25, 0.3) is 0 Å². The van der Waals surface area contributed by atoms with E-state index in [2.05, 4.69) is 41.8 Å². The maximum atomic E-state index is 5.74. The molecule has 0 bridgehead atoms. The molecular weight excluding hydrogens is 400 g/mol. The van der Waals surface area contributed by atoms with Gasteiger partial charge in [-0.3, -0.25) is 0 Å². The third kappa shape index (κ3) is 2.87. The van der Waals surface area contributed by atoms with Gasteiger partial charge in [0.15, 0.2) is 0 Å². The van der Waals surface area contributed by atoms with Crippen molar-refractivity contribution in [2.75, 3.05) is 7.11 Å². The van der Waals surface area contributed by atoms with Gasteiger partial charge >= 0.3 is 6.01 Å². The number of aromatic nitrogens is 2. The normalized spacial score (nSPS) is 10.6. The van der Waals surface area contributed by atoms with E-state index in [1.807, 2.05) is 36.4 Å². The van der Waals surface area contributed by atoms with Gasteiger partial charge in [-0.05, 0) is 48.7 Å². The Hall–Kier alpha value is -1.66. The zero-order valence-corrected chi connectivity index (χ0v) is 14.2. The summed E-state index contributed by atoms with van der Waals surface area (Å²) in [5, 5.41) is 2.20. The minimum Gasteiger partial charge on any atom is -0.480 e. The molecule has 0 radical (unpaired) electrons. The lowest BCUT2D eigenvalue weighted by atomic mass is 10.1. The molecule has 0 saturated carbocycles. The Morgan fingerprint density at radius 3 is 2.67 bits per heavy atom. The molecule has 2 aromatic carbocycles. The van der Waals surface area contributed by atoms with Crippen LogP contribution in [0.1, 0.15) is 0 Å². The van der Waals surface area contributed by atoms with E-state index >= 15 is 0 Å². The minimum atomic E-state index is 0.228. The van der Waals surface area contributed by atoms with Crippen molar-refractivity contribution in [1.29, 1.82) is 0 Å². The van der Waals surface area contributed by atoms with Crippen molar-refractivity contribution in [3.05, 3.63) is 51.5 Å². The first kappa shape index (κ1) is 14.3. The lowest BCUT2D eigenvalue weighted by molar-refractivity contribution is 0.373. The standard InChI is InChI=1S/C15H10Br2N2O2/c1-20-14-11(16)8-18-15(19-14)21-12-7-6-9-4-2-3-5-10(9)13(12)17/h2-8H,1H3. The Labute approximate surface area is 138 Å². The van der Waals surface area contributed by atoms with E-state index < -0.39 is 0 Å². The van der Waals surface area contributed by atoms with Crippen molar-refractivity contribution in [3.8, 4) is 17.6 Å². The molecule has 6 heteroatoms. The molecule has 0 aliphatic rings. The molecule has 0 amide bonds. The highest BCUT2D eigenvalue weighted by atomic mass is 79.9. The van der Waals surface area contributed by atoms with Crippen LogP contribution >= 0.6 is 31.9 Å². The number of halogens is 2. The summed E-state index contributed by atoms with van der Waals surface area (Å²) in [5.41, 5.74) is 0. The minimum absolute atomic E-state index is 0.228. The summed E-state index contributed by atoms with van der Waals surface area (Å²) >= 11 is 6.88. The number of rotatable bonds is 3. The van der Waals surface area contributed by atoms with E-state index in [0.717, 1.165) is 15.2 Å². The molecule has 0 fully saturated rings. The summed E-state index contributed by atoms with van der Waals surface area (Å²) in [4.78, 5) is 8.31. The summed E-state index contributed by atoms with van der Waals surface area (Å²) in [7, 11) is 1.54. The predicted molar refractivity (Wildman–Crippen MR) is 88.0 cm³/mol. The molecule has 0 saturated heterocycles. The Morgan fingerprint density at radius 1 is 1.05 bits per heavy atom. The number of ether oxygens (including phenoxy) is 2. The first-order valence-corrected chi connectivity index (χ1v) is 7.69. The van der Waals surface area contributed by atoms with Crippen LogP contribution in [-0.2, 0) is 0 Å². The zero-order chi connectivity index (χ0) is 14.8. The van der Waals surface area contributed by atoms with Crippen LogP contribution in [0.3, 0.4) is 0 Å². The molecule has 0 aliphatic heterocycles. The third-order valence-corrected chi connectivity index (χ3v) is 4.27. The quantitative estimate of drug-likeness (QED) is 0.613. The van der Waals surface area contributed by atoms with Crippen LogP contribution in [0.2, 0.25) is 0 Å². The van der Waals surface area contributed by atoms with Gasteiger partial charge in [-0.15, -0.1) is 0 Å². The average Bonchev–Trinajstić information content (AvgIpc) is 2.52. The van der Waals surface area contributed by atoms with Crippen molar-refractivity contribution < 1.29 is 9.47 Å². The van der Waals surface area contributed by atoms with Crippen molar-refractivity contribution >= 4 is 42.6 Å². The van der Waals surface area contributed by atoms with Gasteiger partial charge in [0.2, 0.25) is 5.88 Å². The second kappa shape index (κ2) is 5.99. The second-order valence-corrected chi connectivity index (χ2v) is 5.86. The fraction of sp³-hybridized carbons (Fsp3) is 0.0667. The van der Waals surface area contributed by atoms with E-state index in [-0.39, 0.29) is 6.01 Å².